The van der Waals surface area contributed by atoms with Gasteiger partial charge in [-0.2, -0.15) is 0 Å². The van der Waals surface area contributed by atoms with E-state index in [0.717, 1.165) is 16.0 Å². The third-order valence-electron chi connectivity index (χ3n) is 3.70. The normalized spacial score (nSPS) is 10.9. The van der Waals surface area contributed by atoms with Crippen LogP contribution in [0.25, 0.3) is 10.2 Å². The zero-order valence-electron chi connectivity index (χ0n) is 15.3. The van der Waals surface area contributed by atoms with E-state index in [9.17, 15) is 4.79 Å². The fraction of sp³-hybridized carbons (Fsp3) is 0.333. The molecule has 27 heavy (non-hydrogen) atoms. The topological polar surface area (TPSA) is 58.8 Å². The molecule has 0 bridgehead atoms. The average molecular weight is 475 g/mol. The molecule has 0 saturated heterocycles. The van der Waals surface area contributed by atoms with E-state index in [1.54, 1.807) is 17.0 Å². The second-order valence-electron chi connectivity index (χ2n) is 5.90. The van der Waals surface area contributed by atoms with E-state index in [4.69, 9.17) is 9.15 Å². The minimum Gasteiger partial charge on any atom is -0.492 e. The van der Waals surface area contributed by atoms with Gasteiger partial charge in [-0.1, -0.05) is 17.4 Å². The summed E-state index contributed by atoms with van der Waals surface area (Å²) in [6, 6.07) is 9.18. The maximum atomic E-state index is 13.0. The lowest BCUT2D eigenvalue weighted by Gasteiger charge is -2.20. The van der Waals surface area contributed by atoms with Crippen molar-refractivity contribution in [1.82, 2.24) is 9.88 Å². The number of aromatic nitrogens is 1. The van der Waals surface area contributed by atoms with Crippen molar-refractivity contribution in [3.63, 3.8) is 0 Å². The number of carbonyl (C=O) groups excluding carboxylic acids is 1. The lowest BCUT2D eigenvalue weighted by molar-refractivity contribution is 0.0957. The molecule has 6 nitrogen and oxygen atoms in total. The van der Waals surface area contributed by atoms with E-state index in [2.05, 4.69) is 20.9 Å². The molecular formula is C18H21BrClN3O3S. The Kier molecular flexibility index (Phi) is 7.67. The van der Waals surface area contributed by atoms with Gasteiger partial charge in [0.05, 0.1) is 11.3 Å². The van der Waals surface area contributed by atoms with E-state index in [1.165, 1.54) is 11.3 Å². The Hall–Kier alpha value is -1.61. The Morgan fingerprint density at radius 3 is 2.67 bits per heavy atom. The molecule has 0 spiro atoms. The van der Waals surface area contributed by atoms with Crippen LogP contribution >= 0.6 is 39.7 Å². The van der Waals surface area contributed by atoms with Crippen molar-refractivity contribution in [2.45, 2.75) is 6.92 Å². The number of thiazole rings is 1. The number of para-hydroxylation sites is 1. The Morgan fingerprint density at radius 2 is 2.04 bits per heavy atom. The quantitative estimate of drug-likeness (QED) is 0.497. The smallest absolute Gasteiger partial charge is 0.295 e. The van der Waals surface area contributed by atoms with Crippen molar-refractivity contribution in [3.05, 3.63) is 40.8 Å². The summed E-state index contributed by atoms with van der Waals surface area (Å²) in [7, 11) is 3.94. The number of ether oxygens (including phenoxy) is 1. The van der Waals surface area contributed by atoms with Crippen LogP contribution in [0, 0.1) is 0 Å². The Balaban J connectivity index is 0.00000261. The number of furan rings is 1. The lowest BCUT2D eigenvalue weighted by atomic mass is 10.3. The van der Waals surface area contributed by atoms with Crippen LogP contribution < -0.4 is 9.64 Å². The van der Waals surface area contributed by atoms with Crippen LogP contribution in [0.4, 0.5) is 5.13 Å². The number of benzene rings is 1. The first kappa shape index (κ1) is 21.7. The molecule has 0 N–H and O–H groups in total. The van der Waals surface area contributed by atoms with Crippen molar-refractivity contribution in [2.75, 3.05) is 38.7 Å². The van der Waals surface area contributed by atoms with Gasteiger partial charge in [0.25, 0.3) is 5.91 Å². The molecule has 0 radical (unpaired) electrons. The van der Waals surface area contributed by atoms with Gasteiger partial charge in [0, 0.05) is 13.1 Å². The van der Waals surface area contributed by atoms with Crippen LogP contribution in [0.1, 0.15) is 17.5 Å². The SMILES string of the molecule is CCOc1cccc2sc(N(CCN(C)C)C(=O)c3ccc(Br)o3)nc12.Cl. The second-order valence-corrected chi connectivity index (χ2v) is 7.69. The summed E-state index contributed by atoms with van der Waals surface area (Å²) in [5.41, 5.74) is 0.776. The Bertz CT molecular complexity index is 912. The summed E-state index contributed by atoms with van der Waals surface area (Å²) < 4.78 is 12.6. The number of carbonyl (C=O) groups is 1. The molecule has 2 heterocycles. The highest BCUT2D eigenvalue weighted by Crippen LogP contribution is 2.35. The molecule has 0 fully saturated rings. The van der Waals surface area contributed by atoms with E-state index in [-0.39, 0.29) is 24.1 Å². The van der Waals surface area contributed by atoms with Crippen molar-refractivity contribution in [3.8, 4) is 5.75 Å². The molecule has 0 unspecified atom stereocenters. The highest BCUT2D eigenvalue weighted by molar-refractivity contribution is 9.10. The van der Waals surface area contributed by atoms with E-state index >= 15 is 0 Å². The molecule has 1 amide bonds. The molecule has 2 aromatic heterocycles. The van der Waals surface area contributed by atoms with Crippen LogP contribution in [0.5, 0.6) is 5.75 Å². The molecule has 3 rings (SSSR count). The van der Waals surface area contributed by atoms with E-state index in [1.807, 2.05) is 44.1 Å². The van der Waals surface area contributed by atoms with E-state index in [0.29, 0.717) is 29.5 Å². The third kappa shape index (κ3) is 5.01. The molecule has 0 atom stereocenters. The number of fused-ring (bicyclic) bond motifs is 1. The van der Waals surface area contributed by atoms with Crippen molar-refractivity contribution in [1.29, 1.82) is 0 Å². The largest absolute Gasteiger partial charge is 0.492 e. The van der Waals surface area contributed by atoms with Gasteiger partial charge in [0.1, 0.15) is 11.3 Å². The summed E-state index contributed by atoms with van der Waals surface area (Å²) in [6.07, 6.45) is 0. The Morgan fingerprint density at radius 1 is 1.26 bits per heavy atom. The van der Waals surface area contributed by atoms with Crippen molar-refractivity contribution >= 4 is 60.9 Å². The first-order valence-corrected chi connectivity index (χ1v) is 9.85. The summed E-state index contributed by atoms with van der Waals surface area (Å²) in [5.74, 6) is 0.794. The fourth-order valence-electron chi connectivity index (χ4n) is 2.45. The highest BCUT2D eigenvalue weighted by Gasteiger charge is 2.24. The van der Waals surface area contributed by atoms with Gasteiger partial charge in [-0.15, -0.1) is 12.4 Å². The minimum atomic E-state index is -0.213. The number of rotatable bonds is 7. The van der Waals surface area contributed by atoms with Crippen LogP contribution in [0.2, 0.25) is 0 Å². The van der Waals surface area contributed by atoms with Crippen LogP contribution in [0.15, 0.2) is 39.4 Å². The number of anilines is 1. The third-order valence-corrected chi connectivity index (χ3v) is 5.17. The summed E-state index contributed by atoms with van der Waals surface area (Å²) in [5, 5.41) is 0.631. The van der Waals surface area contributed by atoms with Gasteiger partial charge in [0.15, 0.2) is 15.6 Å². The zero-order valence-corrected chi connectivity index (χ0v) is 18.5. The second kappa shape index (κ2) is 9.54. The summed E-state index contributed by atoms with van der Waals surface area (Å²) >= 11 is 4.72. The maximum Gasteiger partial charge on any atom is 0.295 e. The zero-order chi connectivity index (χ0) is 18.7. The number of hydrogen-bond acceptors (Lipinski definition) is 6. The van der Waals surface area contributed by atoms with Crippen molar-refractivity contribution < 1.29 is 13.9 Å². The van der Waals surface area contributed by atoms with Gasteiger partial charge in [-0.3, -0.25) is 9.69 Å². The number of halogens is 2. The van der Waals surface area contributed by atoms with Gasteiger partial charge < -0.3 is 14.1 Å². The van der Waals surface area contributed by atoms with Crippen LogP contribution in [0.3, 0.4) is 0 Å². The van der Waals surface area contributed by atoms with Crippen molar-refractivity contribution in [2.24, 2.45) is 0 Å². The fourth-order valence-corrected chi connectivity index (χ4v) is 3.76. The molecule has 0 aliphatic heterocycles. The standard InChI is InChI=1S/C18H20BrN3O3S.ClH/c1-4-24-12-6-5-7-14-16(12)20-18(26-14)22(11-10-21(2)3)17(23)13-8-9-15(19)25-13;/h5-9H,4,10-11H2,1-3H3;1H. The highest BCUT2D eigenvalue weighted by atomic mass is 79.9. The number of likely N-dealkylation sites (N-methyl/N-ethyl adjacent to an activating group) is 1. The minimum absolute atomic E-state index is 0. The van der Waals surface area contributed by atoms with Gasteiger partial charge in [-0.25, -0.2) is 4.98 Å². The van der Waals surface area contributed by atoms with Gasteiger partial charge in [0.2, 0.25) is 0 Å². The lowest BCUT2D eigenvalue weighted by Crippen LogP contribution is -2.36. The predicted molar refractivity (Wildman–Crippen MR) is 115 cm³/mol. The number of hydrogen-bond donors (Lipinski definition) is 0. The number of nitrogens with zero attached hydrogens (tertiary/aromatic N) is 3. The molecular weight excluding hydrogens is 454 g/mol. The molecule has 1 aromatic carbocycles. The van der Waals surface area contributed by atoms with Crippen LogP contribution in [-0.4, -0.2) is 49.6 Å². The summed E-state index contributed by atoms with van der Waals surface area (Å²) in [6.45, 7) is 3.72. The monoisotopic (exact) mass is 473 g/mol. The molecule has 0 saturated carbocycles. The number of amides is 1. The average Bonchev–Trinajstić information content (AvgIpc) is 3.21. The predicted octanol–water partition coefficient (Wildman–Crippen LogP) is 4.68. The molecule has 146 valence electrons. The Labute approximate surface area is 176 Å². The van der Waals surface area contributed by atoms with E-state index < -0.39 is 0 Å². The first-order valence-electron chi connectivity index (χ1n) is 8.24. The maximum absolute atomic E-state index is 13.0. The summed E-state index contributed by atoms with van der Waals surface area (Å²) in [4.78, 5) is 21.4. The molecule has 0 aliphatic carbocycles. The molecule has 3 aromatic rings. The van der Waals surface area contributed by atoms with Crippen LogP contribution in [-0.2, 0) is 0 Å². The van der Waals surface area contributed by atoms with Gasteiger partial charge >= 0.3 is 0 Å². The molecule has 0 aliphatic rings. The van der Waals surface area contributed by atoms with Gasteiger partial charge in [-0.05, 0) is 61.2 Å². The molecule has 9 heteroatoms. The first-order chi connectivity index (χ1) is 12.5.